The van der Waals surface area contributed by atoms with E-state index in [0.717, 1.165) is 51.8 Å². The van der Waals surface area contributed by atoms with E-state index in [1.54, 1.807) is 18.4 Å². The van der Waals surface area contributed by atoms with Crippen molar-refractivity contribution in [3.63, 3.8) is 0 Å². The van der Waals surface area contributed by atoms with E-state index in [1.165, 1.54) is 23.3 Å². The molecule has 3 aromatic rings. The highest BCUT2D eigenvalue weighted by molar-refractivity contribution is 7.16. The van der Waals surface area contributed by atoms with Crippen LogP contribution in [0.3, 0.4) is 0 Å². The van der Waals surface area contributed by atoms with E-state index in [4.69, 9.17) is 9.73 Å². The van der Waals surface area contributed by atoms with Crippen molar-refractivity contribution in [2.24, 2.45) is 4.99 Å². The van der Waals surface area contributed by atoms with Gasteiger partial charge in [0.25, 0.3) is 0 Å². The van der Waals surface area contributed by atoms with E-state index in [2.05, 4.69) is 42.7 Å². The highest BCUT2D eigenvalue weighted by Gasteiger charge is 2.20. The Kier molecular flexibility index (Phi) is 5.06. The Hall–Kier alpha value is -2.84. The normalized spacial score (nSPS) is 13.5. The molecule has 0 spiro atoms. The topological polar surface area (TPSA) is 50.3 Å². The fourth-order valence-electron chi connectivity index (χ4n) is 3.93. The molecule has 142 valence electrons. The average Bonchev–Trinajstić information content (AvgIpc) is 3.22. The summed E-state index contributed by atoms with van der Waals surface area (Å²) in [5.41, 5.74) is 6.46. The van der Waals surface area contributed by atoms with Crippen molar-refractivity contribution in [1.82, 2.24) is 4.57 Å². The van der Waals surface area contributed by atoms with E-state index in [-0.39, 0.29) is 0 Å². The van der Waals surface area contributed by atoms with Crippen LogP contribution in [-0.4, -0.2) is 17.9 Å². The number of hydrogen-bond acceptors (Lipinski definition) is 4. The van der Waals surface area contributed by atoms with Crippen LogP contribution >= 0.6 is 11.3 Å². The predicted molar refractivity (Wildman–Crippen MR) is 115 cm³/mol. The number of aromatic nitrogens is 1. The molecular weight excluding hydrogens is 366 g/mol. The lowest BCUT2D eigenvalue weighted by molar-refractivity contribution is 0.414. The van der Waals surface area contributed by atoms with E-state index >= 15 is 0 Å². The number of nitriles is 1. The molecule has 0 saturated carbocycles. The van der Waals surface area contributed by atoms with Crippen molar-refractivity contribution >= 4 is 22.6 Å². The quantitative estimate of drug-likeness (QED) is 0.540. The smallest absolute Gasteiger partial charge is 0.134 e. The van der Waals surface area contributed by atoms with Gasteiger partial charge in [0.05, 0.1) is 12.7 Å². The van der Waals surface area contributed by atoms with Crippen LogP contribution < -0.4 is 4.74 Å². The van der Waals surface area contributed by atoms with Gasteiger partial charge in [-0.1, -0.05) is 0 Å². The maximum atomic E-state index is 9.62. The second-order valence-electron chi connectivity index (χ2n) is 7.12. The van der Waals surface area contributed by atoms with Crippen LogP contribution in [0.25, 0.3) is 5.69 Å². The Morgan fingerprint density at radius 3 is 2.64 bits per heavy atom. The van der Waals surface area contributed by atoms with Crippen molar-refractivity contribution in [2.75, 3.05) is 7.11 Å². The van der Waals surface area contributed by atoms with Gasteiger partial charge < -0.3 is 9.30 Å². The first-order chi connectivity index (χ1) is 13.6. The van der Waals surface area contributed by atoms with Crippen LogP contribution in [0.5, 0.6) is 5.75 Å². The summed E-state index contributed by atoms with van der Waals surface area (Å²) >= 11 is 1.68. The van der Waals surface area contributed by atoms with Gasteiger partial charge in [0, 0.05) is 33.7 Å². The van der Waals surface area contributed by atoms with Crippen molar-refractivity contribution in [2.45, 2.75) is 39.5 Å². The molecule has 0 unspecified atom stereocenters. The molecule has 1 aliphatic rings. The lowest BCUT2D eigenvalue weighted by Gasteiger charge is -2.10. The maximum Gasteiger partial charge on any atom is 0.134 e. The van der Waals surface area contributed by atoms with Crippen molar-refractivity contribution < 1.29 is 4.74 Å². The van der Waals surface area contributed by atoms with Gasteiger partial charge in [-0.25, -0.2) is 4.99 Å². The van der Waals surface area contributed by atoms with Crippen LogP contribution in [-0.2, 0) is 12.8 Å². The van der Waals surface area contributed by atoms with Crippen molar-refractivity contribution in [1.29, 1.82) is 5.26 Å². The fraction of sp³-hybridized carbons (Fsp3) is 0.304. The monoisotopic (exact) mass is 389 g/mol. The molecule has 2 aromatic heterocycles. The molecule has 5 heteroatoms. The Labute approximate surface area is 169 Å². The van der Waals surface area contributed by atoms with E-state index in [0.29, 0.717) is 0 Å². The average molecular weight is 390 g/mol. The summed E-state index contributed by atoms with van der Waals surface area (Å²) in [6, 6.07) is 12.6. The van der Waals surface area contributed by atoms with Crippen LogP contribution in [0.15, 0.2) is 35.3 Å². The van der Waals surface area contributed by atoms with Crippen LogP contribution in [0.4, 0.5) is 5.00 Å². The summed E-state index contributed by atoms with van der Waals surface area (Å²) in [5, 5.41) is 10.5. The van der Waals surface area contributed by atoms with Crippen LogP contribution in [0, 0.1) is 25.2 Å². The first-order valence-corrected chi connectivity index (χ1v) is 10.4. The number of fused-ring (bicyclic) bond motifs is 1. The summed E-state index contributed by atoms with van der Waals surface area (Å²) < 4.78 is 7.47. The minimum Gasteiger partial charge on any atom is -0.497 e. The minimum absolute atomic E-state index is 0.778. The number of aliphatic imine (C=N–C) groups is 1. The van der Waals surface area contributed by atoms with Gasteiger partial charge in [0.2, 0.25) is 0 Å². The molecule has 0 N–H and O–H groups in total. The van der Waals surface area contributed by atoms with E-state index in [1.807, 2.05) is 18.3 Å². The molecule has 0 amide bonds. The van der Waals surface area contributed by atoms with Gasteiger partial charge in [0.1, 0.15) is 16.8 Å². The third kappa shape index (κ3) is 3.25. The Morgan fingerprint density at radius 2 is 1.93 bits per heavy atom. The van der Waals surface area contributed by atoms with Gasteiger partial charge >= 0.3 is 0 Å². The Bertz CT molecular complexity index is 1080. The number of thiophene rings is 1. The van der Waals surface area contributed by atoms with Crippen LogP contribution in [0.1, 0.15) is 45.8 Å². The summed E-state index contributed by atoms with van der Waals surface area (Å²) in [6.07, 6.45) is 6.38. The van der Waals surface area contributed by atoms with Gasteiger partial charge in [-0.3, -0.25) is 0 Å². The summed E-state index contributed by atoms with van der Waals surface area (Å²) in [5.74, 6) is 0.846. The molecule has 28 heavy (non-hydrogen) atoms. The Morgan fingerprint density at radius 1 is 1.18 bits per heavy atom. The van der Waals surface area contributed by atoms with E-state index in [9.17, 15) is 5.26 Å². The van der Waals surface area contributed by atoms with Gasteiger partial charge in [-0.05, 0) is 75.4 Å². The zero-order valence-electron chi connectivity index (χ0n) is 16.5. The summed E-state index contributed by atoms with van der Waals surface area (Å²) in [4.78, 5) is 6.07. The number of aryl methyl sites for hydroxylation is 2. The molecule has 0 saturated heterocycles. The maximum absolute atomic E-state index is 9.62. The molecule has 0 radical (unpaired) electrons. The Balaban J connectivity index is 1.68. The molecular formula is C23H23N3OS. The second-order valence-corrected chi connectivity index (χ2v) is 8.20. The summed E-state index contributed by atoms with van der Waals surface area (Å²) in [7, 11) is 1.67. The highest BCUT2D eigenvalue weighted by atomic mass is 32.1. The molecule has 1 aliphatic carbocycles. The molecule has 4 rings (SSSR count). The van der Waals surface area contributed by atoms with Crippen molar-refractivity contribution in [3.05, 3.63) is 63.3 Å². The number of rotatable bonds is 4. The van der Waals surface area contributed by atoms with Crippen molar-refractivity contribution in [3.8, 4) is 17.5 Å². The molecule has 0 bridgehead atoms. The van der Waals surface area contributed by atoms with E-state index < -0.39 is 0 Å². The fourth-order valence-corrected chi connectivity index (χ4v) is 5.12. The molecule has 2 heterocycles. The minimum atomic E-state index is 0.778. The van der Waals surface area contributed by atoms with Gasteiger partial charge in [-0.2, -0.15) is 5.26 Å². The zero-order valence-corrected chi connectivity index (χ0v) is 17.3. The number of hydrogen-bond donors (Lipinski definition) is 0. The highest BCUT2D eigenvalue weighted by Crippen LogP contribution is 2.39. The molecule has 0 aliphatic heterocycles. The molecule has 1 aromatic carbocycles. The standard InChI is InChI=1S/C23H23N3OS/c1-15-12-17(16(2)26(15)18-8-10-19(27-3)11-9-18)14-25-23-21(13-24)20-6-4-5-7-22(20)28-23/h8-12,14H,4-7H2,1-3H3. The van der Waals surface area contributed by atoms with Gasteiger partial charge in [0.15, 0.2) is 0 Å². The third-order valence-corrected chi connectivity index (χ3v) is 6.59. The molecule has 0 atom stereocenters. The first kappa shape index (κ1) is 18.5. The number of methoxy groups -OCH3 is 1. The SMILES string of the molecule is COc1ccc(-n2c(C)cc(C=Nc3sc4c(c3C#N)CCCC4)c2C)cc1. The zero-order chi connectivity index (χ0) is 19.7. The number of ether oxygens (including phenoxy) is 1. The number of nitrogens with zero attached hydrogens (tertiary/aromatic N) is 3. The molecule has 4 nitrogen and oxygen atoms in total. The largest absolute Gasteiger partial charge is 0.497 e. The lowest BCUT2D eigenvalue weighted by Crippen LogP contribution is -1.99. The molecule has 0 fully saturated rings. The van der Waals surface area contributed by atoms with Gasteiger partial charge in [-0.15, -0.1) is 11.3 Å². The summed E-state index contributed by atoms with van der Waals surface area (Å²) in [6.45, 7) is 4.20. The van der Waals surface area contributed by atoms with Crippen LogP contribution in [0.2, 0.25) is 0 Å². The second kappa shape index (κ2) is 7.65. The predicted octanol–water partition coefficient (Wildman–Crippen LogP) is 5.67. The first-order valence-electron chi connectivity index (χ1n) is 9.54. The third-order valence-electron chi connectivity index (χ3n) is 5.39. The number of benzene rings is 1. The lowest BCUT2D eigenvalue weighted by atomic mass is 9.96.